The number of fused-ring (bicyclic) bond motifs is 1. The van der Waals surface area contributed by atoms with Crippen LogP contribution in [-0.4, -0.2) is 19.6 Å². The summed E-state index contributed by atoms with van der Waals surface area (Å²) in [5.74, 6) is 0.282. The molecule has 126 valence electrons. The lowest BCUT2D eigenvalue weighted by Gasteiger charge is -2.26. The van der Waals surface area contributed by atoms with Crippen LogP contribution in [0.4, 0.5) is 20.2 Å². The number of nitrogens with one attached hydrogen (secondary N) is 1. The second-order valence-electron chi connectivity index (χ2n) is 5.67. The Kier molecular flexibility index (Phi) is 4.64. The number of alkyl halides is 2. The summed E-state index contributed by atoms with van der Waals surface area (Å²) in [7, 11) is 1.79. The fraction of sp³-hybridized carbons (Fsp3) is 0.278. The number of benzene rings is 2. The van der Waals surface area contributed by atoms with Crippen LogP contribution in [0, 0.1) is 0 Å². The van der Waals surface area contributed by atoms with Gasteiger partial charge in [-0.1, -0.05) is 12.1 Å². The van der Waals surface area contributed by atoms with Crippen LogP contribution in [0.1, 0.15) is 17.5 Å². The lowest BCUT2D eigenvalue weighted by Crippen LogP contribution is -2.31. The molecule has 0 saturated heterocycles. The second kappa shape index (κ2) is 6.86. The Hall–Kier alpha value is -2.63. The van der Waals surface area contributed by atoms with Gasteiger partial charge >= 0.3 is 6.61 Å². The molecule has 2 aromatic carbocycles. The third kappa shape index (κ3) is 3.64. The van der Waals surface area contributed by atoms with Gasteiger partial charge in [-0.2, -0.15) is 8.78 Å². The van der Waals surface area contributed by atoms with E-state index in [9.17, 15) is 13.6 Å². The maximum atomic E-state index is 12.1. The highest BCUT2D eigenvalue weighted by Gasteiger charge is 2.20. The van der Waals surface area contributed by atoms with Gasteiger partial charge in [0.2, 0.25) is 5.91 Å². The van der Waals surface area contributed by atoms with Crippen molar-refractivity contribution in [1.29, 1.82) is 0 Å². The molecule has 1 heterocycles. The first-order valence-electron chi connectivity index (χ1n) is 7.70. The highest BCUT2D eigenvalue weighted by atomic mass is 19.3. The molecule has 0 aliphatic carbocycles. The number of hydrogen-bond donors (Lipinski definition) is 1. The minimum Gasteiger partial charge on any atom is -0.435 e. The predicted octanol–water partition coefficient (Wildman–Crippen LogP) is 3.81. The molecule has 0 aromatic heterocycles. The summed E-state index contributed by atoms with van der Waals surface area (Å²) in [5.41, 5.74) is 4.01. The van der Waals surface area contributed by atoms with Crippen LogP contribution < -0.4 is 15.0 Å². The van der Waals surface area contributed by atoms with Crippen molar-refractivity contribution in [2.75, 3.05) is 17.3 Å². The van der Waals surface area contributed by atoms with E-state index < -0.39 is 6.61 Å². The van der Waals surface area contributed by atoms with E-state index in [2.05, 4.69) is 10.1 Å². The largest absolute Gasteiger partial charge is 0.435 e. The predicted molar refractivity (Wildman–Crippen MR) is 88.6 cm³/mol. The van der Waals surface area contributed by atoms with Gasteiger partial charge in [0.1, 0.15) is 5.75 Å². The molecule has 0 atom stereocenters. The average Bonchev–Trinajstić information content (AvgIpc) is 2.57. The molecule has 4 nitrogen and oxygen atoms in total. The molecule has 0 fully saturated rings. The molecule has 24 heavy (non-hydrogen) atoms. The van der Waals surface area contributed by atoms with Crippen molar-refractivity contribution in [3.05, 3.63) is 53.6 Å². The number of aryl methyl sites for hydroxylation is 1. The summed E-state index contributed by atoms with van der Waals surface area (Å²) in [6, 6.07) is 12.5. The Bertz CT molecular complexity index is 732. The van der Waals surface area contributed by atoms with Crippen molar-refractivity contribution in [3.8, 4) is 5.75 Å². The minimum atomic E-state index is -2.81. The molecule has 0 unspecified atom stereocenters. The van der Waals surface area contributed by atoms with Gasteiger partial charge in [0.15, 0.2) is 0 Å². The highest BCUT2D eigenvalue weighted by molar-refractivity contribution is 5.96. The molecule has 0 spiro atoms. The first-order valence-corrected chi connectivity index (χ1v) is 7.70. The van der Waals surface area contributed by atoms with E-state index in [1.54, 1.807) is 24.1 Å². The van der Waals surface area contributed by atoms with Gasteiger partial charge in [-0.3, -0.25) is 4.79 Å². The summed E-state index contributed by atoms with van der Waals surface area (Å²) in [6.45, 7) is -2.24. The summed E-state index contributed by atoms with van der Waals surface area (Å²) in [5, 5.41) is 3.30. The molecule has 0 radical (unpaired) electrons. The lowest BCUT2D eigenvalue weighted by atomic mass is 10.0. The molecule has 6 heteroatoms. The summed E-state index contributed by atoms with van der Waals surface area (Å²) in [6.07, 6.45) is 1.27. The quantitative estimate of drug-likeness (QED) is 0.905. The molecular formula is C18H18F2N2O2. The average molecular weight is 332 g/mol. The zero-order chi connectivity index (χ0) is 17.1. The topological polar surface area (TPSA) is 41.6 Å². The summed E-state index contributed by atoms with van der Waals surface area (Å²) in [4.78, 5) is 13.4. The Balaban J connectivity index is 1.64. The van der Waals surface area contributed by atoms with Crippen LogP contribution in [0.2, 0.25) is 0 Å². The maximum absolute atomic E-state index is 12.1. The maximum Gasteiger partial charge on any atom is 0.387 e. The Labute approximate surface area is 139 Å². The summed E-state index contributed by atoms with van der Waals surface area (Å²) >= 11 is 0. The Morgan fingerprint density at radius 3 is 2.62 bits per heavy atom. The normalized spacial score (nSPS) is 13.8. The van der Waals surface area contributed by atoms with Crippen molar-refractivity contribution >= 4 is 17.3 Å². The van der Waals surface area contributed by atoms with Crippen molar-refractivity contribution in [2.45, 2.75) is 26.0 Å². The van der Waals surface area contributed by atoms with Crippen LogP contribution in [0.25, 0.3) is 0 Å². The van der Waals surface area contributed by atoms with E-state index in [-0.39, 0.29) is 11.7 Å². The van der Waals surface area contributed by atoms with Crippen molar-refractivity contribution < 1.29 is 18.3 Å². The van der Waals surface area contributed by atoms with Gasteiger partial charge in [-0.15, -0.1) is 0 Å². The third-order valence-electron chi connectivity index (χ3n) is 4.07. The van der Waals surface area contributed by atoms with Gasteiger partial charge in [-0.25, -0.2) is 0 Å². The van der Waals surface area contributed by atoms with Crippen LogP contribution in [-0.2, 0) is 17.8 Å². The van der Waals surface area contributed by atoms with Crippen LogP contribution in [0.3, 0.4) is 0 Å². The Morgan fingerprint density at radius 1 is 1.17 bits per heavy atom. The lowest BCUT2D eigenvalue weighted by molar-refractivity contribution is -0.118. The number of nitrogens with zero attached hydrogens (tertiary/aromatic N) is 1. The van der Waals surface area contributed by atoms with Crippen LogP contribution in [0.5, 0.6) is 5.75 Å². The molecule has 0 saturated carbocycles. The first-order chi connectivity index (χ1) is 11.5. The van der Waals surface area contributed by atoms with Crippen molar-refractivity contribution in [3.63, 3.8) is 0 Å². The van der Waals surface area contributed by atoms with Crippen molar-refractivity contribution in [2.24, 2.45) is 0 Å². The van der Waals surface area contributed by atoms with Crippen LogP contribution >= 0.6 is 0 Å². The van der Waals surface area contributed by atoms with E-state index in [1.165, 1.54) is 12.1 Å². The fourth-order valence-electron chi connectivity index (χ4n) is 2.76. The fourth-order valence-corrected chi connectivity index (χ4v) is 2.76. The van der Waals surface area contributed by atoms with Crippen LogP contribution in [0.15, 0.2) is 42.5 Å². The van der Waals surface area contributed by atoms with E-state index in [1.807, 2.05) is 18.2 Å². The molecule has 1 N–H and O–H groups in total. The number of anilines is 2. The number of carbonyl (C=O) groups excluding carboxylic acids is 1. The molecule has 1 aliphatic heterocycles. The van der Waals surface area contributed by atoms with Gasteiger partial charge in [0.25, 0.3) is 0 Å². The van der Waals surface area contributed by atoms with Gasteiger partial charge in [0.05, 0.1) is 0 Å². The smallest absolute Gasteiger partial charge is 0.387 e. The molecule has 1 aliphatic rings. The molecule has 1 amide bonds. The number of carbonyl (C=O) groups is 1. The second-order valence-corrected chi connectivity index (χ2v) is 5.67. The number of hydrogen-bond acceptors (Lipinski definition) is 3. The van der Waals surface area contributed by atoms with E-state index in [0.717, 1.165) is 28.9 Å². The Morgan fingerprint density at radius 2 is 1.92 bits per heavy atom. The number of rotatable bonds is 5. The number of amides is 1. The molecule has 0 bridgehead atoms. The number of ether oxygens (including phenoxy) is 1. The highest BCUT2D eigenvalue weighted by Crippen LogP contribution is 2.29. The standard InChI is InChI=1S/C18H18F2N2O2/c1-22-16-8-5-14(10-13(16)4-9-17(22)23)21-11-12-2-6-15(7-3-12)24-18(19)20/h2-3,5-8,10,18,21H,4,9,11H2,1H3. The van der Waals surface area contributed by atoms with E-state index in [4.69, 9.17) is 0 Å². The first kappa shape index (κ1) is 16.2. The third-order valence-corrected chi connectivity index (χ3v) is 4.07. The molecular weight excluding hydrogens is 314 g/mol. The summed E-state index contributed by atoms with van der Waals surface area (Å²) < 4.78 is 28.6. The van der Waals surface area contributed by atoms with E-state index >= 15 is 0 Å². The zero-order valence-corrected chi connectivity index (χ0v) is 13.3. The van der Waals surface area contributed by atoms with Gasteiger partial charge in [-0.05, 0) is 47.9 Å². The zero-order valence-electron chi connectivity index (χ0n) is 13.3. The van der Waals surface area contributed by atoms with Gasteiger partial charge < -0.3 is 15.0 Å². The minimum absolute atomic E-state index is 0.134. The molecule has 3 rings (SSSR count). The van der Waals surface area contributed by atoms with E-state index in [0.29, 0.717) is 13.0 Å². The monoisotopic (exact) mass is 332 g/mol. The SMILES string of the molecule is CN1C(=O)CCc2cc(NCc3ccc(OC(F)F)cc3)ccc21. The number of halogens is 2. The molecule has 2 aromatic rings. The van der Waals surface area contributed by atoms with Gasteiger partial charge in [0, 0.05) is 31.4 Å². The van der Waals surface area contributed by atoms with Crippen molar-refractivity contribution in [1.82, 2.24) is 0 Å².